The van der Waals surface area contributed by atoms with Crippen molar-refractivity contribution in [2.45, 2.75) is 70.6 Å². The molecule has 7 heteroatoms. The molecule has 1 aliphatic rings. The van der Waals surface area contributed by atoms with Crippen LogP contribution in [0, 0.1) is 0 Å². The first-order valence-electron chi connectivity index (χ1n) is 14.9. The van der Waals surface area contributed by atoms with E-state index < -0.39 is 0 Å². The number of rotatable bonds is 18. The van der Waals surface area contributed by atoms with Crippen LogP contribution in [-0.2, 0) is 4.79 Å². The summed E-state index contributed by atoms with van der Waals surface area (Å²) in [6.45, 7) is 1.66. The van der Waals surface area contributed by atoms with Crippen molar-refractivity contribution in [2.75, 3.05) is 40.6 Å². The van der Waals surface area contributed by atoms with E-state index in [-0.39, 0.29) is 19.0 Å². The fraction of sp³-hybridized carbons (Fsp3) is 0.500. The van der Waals surface area contributed by atoms with Crippen LogP contribution in [0.2, 0.25) is 0 Å². The number of ketones is 1. The minimum absolute atomic E-state index is 0.0700. The van der Waals surface area contributed by atoms with Gasteiger partial charge in [0.1, 0.15) is 0 Å². The van der Waals surface area contributed by atoms with E-state index in [0.717, 1.165) is 92.9 Å². The Labute approximate surface area is 244 Å². The van der Waals surface area contributed by atoms with Gasteiger partial charge in [-0.3, -0.25) is 4.79 Å². The van der Waals surface area contributed by atoms with E-state index in [0.29, 0.717) is 36.2 Å². The number of carbonyl (C=O) groups is 1. The summed E-state index contributed by atoms with van der Waals surface area (Å²) in [6, 6.07) is 11.5. The number of methoxy groups -OCH3 is 2. The highest BCUT2D eigenvalue weighted by molar-refractivity contribution is 6.14. The number of ether oxygens (including phenoxy) is 4. The maximum atomic E-state index is 13.4. The van der Waals surface area contributed by atoms with E-state index in [2.05, 4.69) is 0 Å². The predicted octanol–water partition coefficient (Wildman–Crippen LogP) is 6.79. The number of carbonyl (C=O) groups excluding carboxylic acids is 1. The fourth-order valence-electron chi connectivity index (χ4n) is 4.87. The molecule has 2 N–H and O–H groups in total. The predicted molar refractivity (Wildman–Crippen MR) is 163 cm³/mol. The highest BCUT2D eigenvalue weighted by atomic mass is 16.5. The molecule has 1 fully saturated rings. The first-order valence-corrected chi connectivity index (χ1v) is 14.9. The van der Waals surface area contributed by atoms with Crippen molar-refractivity contribution in [3.05, 3.63) is 58.7 Å². The number of allylic oxidation sites excluding steroid dienone is 2. The lowest BCUT2D eigenvalue weighted by Crippen LogP contribution is -2.12. The highest BCUT2D eigenvalue weighted by Crippen LogP contribution is 2.34. The lowest BCUT2D eigenvalue weighted by molar-refractivity contribution is -0.112. The van der Waals surface area contributed by atoms with Gasteiger partial charge in [-0.15, -0.1) is 0 Å². The molecule has 0 radical (unpaired) electrons. The quantitative estimate of drug-likeness (QED) is 0.152. The number of hydrogen-bond acceptors (Lipinski definition) is 7. The van der Waals surface area contributed by atoms with E-state index in [4.69, 9.17) is 29.2 Å². The monoisotopic (exact) mass is 566 g/mol. The van der Waals surface area contributed by atoms with Gasteiger partial charge in [0.15, 0.2) is 28.8 Å². The smallest absolute Gasteiger partial charge is 0.185 e. The van der Waals surface area contributed by atoms with Crippen LogP contribution in [0.15, 0.2) is 47.5 Å². The molecule has 0 atom stereocenters. The number of Topliss-reactive ketones (excluding diaryl/α,β-unsaturated/α-hetero) is 1. The zero-order valence-electron chi connectivity index (χ0n) is 24.7. The Kier molecular flexibility index (Phi) is 14.3. The zero-order valence-corrected chi connectivity index (χ0v) is 24.7. The summed E-state index contributed by atoms with van der Waals surface area (Å²) in [7, 11) is 3.24. The number of unbranched alkanes of at least 4 members (excludes halogenated alkanes) is 6. The summed E-state index contributed by atoms with van der Waals surface area (Å²) < 4.78 is 23.0. The van der Waals surface area contributed by atoms with Crippen molar-refractivity contribution in [3.63, 3.8) is 0 Å². The molecule has 0 heterocycles. The van der Waals surface area contributed by atoms with Crippen LogP contribution in [0.4, 0.5) is 0 Å². The van der Waals surface area contributed by atoms with Crippen molar-refractivity contribution in [2.24, 2.45) is 0 Å². The molecule has 0 unspecified atom stereocenters. The van der Waals surface area contributed by atoms with Crippen molar-refractivity contribution >= 4 is 17.9 Å². The Balaban J connectivity index is 1.64. The van der Waals surface area contributed by atoms with Crippen molar-refractivity contribution in [1.82, 2.24) is 0 Å². The summed E-state index contributed by atoms with van der Waals surface area (Å²) in [5, 5.41) is 17.8. The maximum absolute atomic E-state index is 13.4. The summed E-state index contributed by atoms with van der Waals surface area (Å²) in [4.78, 5) is 13.4. The van der Waals surface area contributed by atoms with E-state index in [1.54, 1.807) is 14.2 Å². The average molecular weight is 567 g/mol. The normalized spacial score (nSPS) is 15.4. The van der Waals surface area contributed by atoms with E-state index >= 15 is 0 Å². The van der Waals surface area contributed by atoms with Gasteiger partial charge in [0.05, 0.1) is 27.4 Å². The third-order valence-corrected chi connectivity index (χ3v) is 7.15. The second kappa shape index (κ2) is 18.2. The summed E-state index contributed by atoms with van der Waals surface area (Å²) >= 11 is 0. The topological polar surface area (TPSA) is 94.5 Å². The minimum Gasteiger partial charge on any atom is -0.493 e. The molecule has 3 rings (SSSR count). The van der Waals surface area contributed by atoms with Gasteiger partial charge in [-0.25, -0.2) is 0 Å². The van der Waals surface area contributed by atoms with E-state index in [1.165, 1.54) is 0 Å². The Morgan fingerprint density at radius 1 is 0.634 bits per heavy atom. The Morgan fingerprint density at radius 3 is 1.49 bits per heavy atom. The lowest BCUT2D eigenvalue weighted by atomic mass is 9.87. The Hall–Kier alpha value is -3.29. The van der Waals surface area contributed by atoms with E-state index in [9.17, 15) is 4.79 Å². The third-order valence-electron chi connectivity index (χ3n) is 7.15. The molecule has 0 amide bonds. The summed E-state index contributed by atoms with van der Waals surface area (Å²) in [5.74, 6) is 2.74. The molecule has 224 valence electrons. The molecule has 0 spiro atoms. The van der Waals surface area contributed by atoms with Gasteiger partial charge in [-0.1, -0.05) is 25.0 Å². The molecule has 1 saturated carbocycles. The van der Waals surface area contributed by atoms with Crippen LogP contribution in [0.1, 0.15) is 81.8 Å². The van der Waals surface area contributed by atoms with Crippen molar-refractivity contribution < 1.29 is 34.0 Å². The van der Waals surface area contributed by atoms with Gasteiger partial charge in [0, 0.05) is 24.4 Å². The van der Waals surface area contributed by atoms with Gasteiger partial charge in [-0.05, 0) is 105 Å². The fourth-order valence-corrected chi connectivity index (χ4v) is 4.87. The molecule has 0 saturated heterocycles. The Morgan fingerprint density at radius 2 is 1.07 bits per heavy atom. The molecule has 0 aromatic heterocycles. The van der Waals surface area contributed by atoms with Gasteiger partial charge >= 0.3 is 0 Å². The molecule has 0 aliphatic heterocycles. The number of aliphatic hydroxyl groups is 2. The van der Waals surface area contributed by atoms with Crippen LogP contribution in [0.3, 0.4) is 0 Å². The molecule has 0 bridgehead atoms. The van der Waals surface area contributed by atoms with E-state index in [1.807, 2.05) is 48.6 Å². The largest absolute Gasteiger partial charge is 0.493 e. The van der Waals surface area contributed by atoms with Crippen molar-refractivity contribution in [1.29, 1.82) is 0 Å². The first kappa shape index (κ1) is 32.2. The van der Waals surface area contributed by atoms with Crippen LogP contribution in [0.5, 0.6) is 23.0 Å². The maximum Gasteiger partial charge on any atom is 0.185 e. The molecule has 41 heavy (non-hydrogen) atoms. The van der Waals surface area contributed by atoms with Crippen LogP contribution < -0.4 is 18.9 Å². The van der Waals surface area contributed by atoms with Crippen LogP contribution >= 0.6 is 0 Å². The molecule has 7 nitrogen and oxygen atoms in total. The standard InChI is InChI=1S/C34H46O7/c1-38-32-24-26(14-16-30(32)40-20-9-5-3-7-18-35)22-28-12-11-13-29(34(28)37)23-27-15-17-31(33(25-27)39-2)41-21-10-6-4-8-19-36/h14-17,22-25,35-36H,3-13,18-21H2,1-2H3/b28-22+,29-23+. The molecule has 2 aromatic rings. The molecular weight excluding hydrogens is 520 g/mol. The Bertz CT molecular complexity index is 1060. The first-order chi connectivity index (χ1) is 20.1. The number of hydrogen-bond donors (Lipinski definition) is 2. The van der Waals surface area contributed by atoms with Gasteiger partial charge in [0.2, 0.25) is 0 Å². The van der Waals surface area contributed by atoms with Gasteiger partial charge < -0.3 is 29.2 Å². The average Bonchev–Trinajstić information content (AvgIpc) is 2.99. The molecule has 2 aromatic carbocycles. The summed E-state index contributed by atoms with van der Waals surface area (Å²) in [5.41, 5.74) is 3.38. The highest BCUT2D eigenvalue weighted by Gasteiger charge is 2.21. The second-order valence-corrected chi connectivity index (χ2v) is 10.3. The third kappa shape index (κ3) is 10.6. The second-order valence-electron chi connectivity index (χ2n) is 10.3. The van der Waals surface area contributed by atoms with Gasteiger partial charge in [0.25, 0.3) is 0 Å². The minimum atomic E-state index is 0.0700. The SMILES string of the molecule is COc1cc(/C=C2\CCC/C(=C\c3ccc(OCCCCCCO)c(OC)c3)C2=O)ccc1OCCCCCCO. The van der Waals surface area contributed by atoms with Crippen LogP contribution in [0.25, 0.3) is 12.2 Å². The van der Waals surface area contributed by atoms with Gasteiger partial charge in [-0.2, -0.15) is 0 Å². The molecule has 1 aliphatic carbocycles. The number of benzene rings is 2. The van der Waals surface area contributed by atoms with Crippen LogP contribution in [-0.4, -0.2) is 56.6 Å². The van der Waals surface area contributed by atoms with Crippen molar-refractivity contribution in [3.8, 4) is 23.0 Å². The lowest BCUT2D eigenvalue weighted by Gasteiger charge is -2.17. The summed E-state index contributed by atoms with van der Waals surface area (Å²) in [6.07, 6.45) is 13.8. The zero-order chi connectivity index (χ0) is 29.3. The number of aliphatic hydroxyl groups excluding tert-OH is 2. The molecular formula is C34H46O7.